The maximum Gasteiger partial charge on any atom is 0.107 e. The van der Waals surface area contributed by atoms with Gasteiger partial charge in [0.05, 0.1) is 6.04 Å². The minimum absolute atomic E-state index is 0.149. The molecule has 0 saturated carbocycles. The Labute approximate surface area is 108 Å². The zero-order valence-corrected chi connectivity index (χ0v) is 11.7. The number of halogens is 2. The molecule has 0 aromatic carbocycles. The molecule has 2 nitrogen and oxygen atoms in total. The van der Waals surface area contributed by atoms with E-state index in [4.69, 9.17) is 17.3 Å². The summed E-state index contributed by atoms with van der Waals surface area (Å²) in [6.45, 7) is 7.15. The summed E-state index contributed by atoms with van der Waals surface area (Å²) in [5.74, 6) is 0. The van der Waals surface area contributed by atoms with E-state index in [-0.39, 0.29) is 6.04 Å². The molecule has 0 aliphatic carbocycles. The van der Waals surface area contributed by atoms with Gasteiger partial charge in [0.15, 0.2) is 0 Å². The van der Waals surface area contributed by atoms with E-state index in [9.17, 15) is 0 Å². The zero-order valence-electron chi connectivity index (χ0n) is 8.52. The lowest BCUT2D eigenvalue weighted by molar-refractivity contribution is 0.578. The molecule has 0 bridgehead atoms. The molecular formula is C10H14BrClN2S. The van der Waals surface area contributed by atoms with Gasteiger partial charge < -0.3 is 11.1 Å². The van der Waals surface area contributed by atoms with Crippen molar-refractivity contribution < 1.29 is 0 Å². The SMILES string of the molecule is C=C(C)CNC(CN)c1cc(Br)c(Cl)s1. The summed E-state index contributed by atoms with van der Waals surface area (Å²) in [4.78, 5) is 1.15. The first-order chi connectivity index (χ1) is 7.04. The quantitative estimate of drug-likeness (QED) is 0.819. The summed E-state index contributed by atoms with van der Waals surface area (Å²) < 4.78 is 1.69. The predicted octanol–water partition coefficient (Wildman–Crippen LogP) is 3.33. The Bertz CT molecular complexity index is 332. The molecule has 0 aliphatic rings. The Balaban J connectivity index is 2.69. The minimum atomic E-state index is 0.149. The molecule has 0 spiro atoms. The van der Waals surface area contributed by atoms with Crippen LogP contribution in [0.5, 0.6) is 0 Å². The van der Waals surface area contributed by atoms with Crippen molar-refractivity contribution in [1.29, 1.82) is 0 Å². The number of nitrogens with two attached hydrogens (primary N) is 1. The summed E-state index contributed by atoms with van der Waals surface area (Å²) in [5.41, 5.74) is 6.80. The maximum absolute atomic E-state index is 5.98. The molecule has 1 aromatic rings. The molecule has 0 saturated heterocycles. The van der Waals surface area contributed by atoms with E-state index < -0.39 is 0 Å². The van der Waals surface area contributed by atoms with Gasteiger partial charge in [0, 0.05) is 22.4 Å². The largest absolute Gasteiger partial charge is 0.329 e. The molecule has 1 aromatic heterocycles. The molecular weight excluding hydrogens is 296 g/mol. The average molecular weight is 310 g/mol. The number of hydrogen-bond donors (Lipinski definition) is 2. The van der Waals surface area contributed by atoms with Crippen LogP contribution in [0.1, 0.15) is 17.8 Å². The molecule has 1 atom stereocenters. The summed E-state index contributed by atoms with van der Waals surface area (Å²) in [7, 11) is 0. The highest BCUT2D eigenvalue weighted by atomic mass is 79.9. The van der Waals surface area contributed by atoms with Crippen LogP contribution in [0, 0.1) is 0 Å². The normalized spacial score (nSPS) is 12.8. The Morgan fingerprint density at radius 3 is 2.87 bits per heavy atom. The first kappa shape index (κ1) is 13.2. The van der Waals surface area contributed by atoms with Crippen LogP contribution in [-0.4, -0.2) is 13.1 Å². The molecule has 84 valence electrons. The third-order valence-electron chi connectivity index (χ3n) is 1.89. The fourth-order valence-electron chi connectivity index (χ4n) is 1.13. The number of rotatable bonds is 5. The van der Waals surface area contributed by atoms with E-state index in [1.54, 1.807) is 11.3 Å². The third-order valence-corrected chi connectivity index (χ3v) is 4.48. The van der Waals surface area contributed by atoms with E-state index >= 15 is 0 Å². The minimum Gasteiger partial charge on any atom is -0.329 e. The van der Waals surface area contributed by atoms with Gasteiger partial charge in [-0.25, -0.2) is 0 Å². The van der Waals surface area contributed by atoms with Gasteiger partial charge in [-0.2, -0.15) is 0 Å². The van der Waals surface area contributed by atoms with E-state index in [0.717, 1.165) is 25.8 Å². The summed E-state index contributed by atoms with van der Waals surface area (Å²) >= 11 is 10.9. The van der Waals surface area contributed by atoms with E-state index in [0.29, 0.717) is 6.54 Å². The molecule has 0 aliphatic heterocycles. The first-order valence-electron chi connectivity index (χ1n) is 4.57. The first-order valence-corrected chi connectivity index (χ1v) is 6.56. The third kappa shape index (κ3) is 3.89. The van der Waals surface area contributed by atoms with Gasteiger partial charge in [-0.15, -0.1) is 11.3 Å². The van der Waals surface area contributed by atoms with E-state index in [1.165, 1.54) is 0 Å². The standard InChI is InChI=1S/C10H14BrClN2S/c1-6(2)5-14-8(4-13)9-3-7(11)10(12)15-9/h3,8,14H,1,4-5,13H2,2H3. The van der Waals surface area contributed by atoms with E-state index in [2.05, 4.69) is 27.8 Å². The molecule has 3 N–H and O–H groups in total. The van der Waals surface area contributed by atoms with Crippen LogP contribution < -0.4 is 11.1 Å². The second kappa shape index (κ2) is 6.01. The second-order valence-corrected chi connectivity index (χ2v) is 5.94. The van der Waals surface area contributed by atoms with Gasteiger partial charge in [-0.3, -0.25) is 0 Å². The van der Waals surface area contributed by atoms with Crippen molar-refractivity contribution in [2.24, 2.45) is 5.73 Å². The number of nitrogens with one attached hydrogen (secondary N) is 1. The smallest absolute Gasteiger partial charge is 0.107 e. The van der Waals surface area contributed by atoms with Crippen molar-refractivity contribution in [3.63, 3.8) is 0 Å². The molecule has 0 amide bonds. The molecule has 1 rings (SSSR count). The van der Waals surface area contributed by atoms with Crippen molar-refractivity contribution >= 4 is 38.9 Å². The van der Waals surface area contributed by atoms with Crippen LogP contribution in [0.3, 0.4) is 0 Å². The lowest BCUT2D eigenvalue weighted by Crippen LogP contribution is -2.28. The molecule has 15 heavy (non-hydrogen) atoms. The highest BCUT2D eigenvalue weighted by Gasteiger charge is 2.13. The van der Waals surface area contributed by atoms with Crippen LogP contribution in [0.15, 0.2) is 22.7 Å². The van der Waals surface area contributed by atoms with Crippen molar-refractivity contribution in [3.8, 4) is 0 Å². The molecule has 5 heteroatoms. The summed E-state index contributed by atoms with van der Waals surface area (Å²) in [5, 5.41) is 3.33. The number of hydrogen-bond acceptors (Lipinski definition) is 3. The van der Waals surface area contributed by atoms with Gasteiger partial charge in [0.2, 0.25) is 0 Å². The van der Waals surface area contributed by atoms with Gasteiger partial charge in [0.1, 0.15) is 4.34 Å². The van der Waals surface area contributed by atoms with Crippen LogP contribution in [-0.2, 0) is 0 Å². The Morgan fingerprint density at radius 2 is 2.47 bits per heavy atom. The van der Waals surface area contributed by atoms with Crippen LogP contribution in [0.4, 0.5) is 0 Å². The predicted molar refractivity (Wildman–Crippen MR) is 71.6 cm³/mol. The summed E-state index contributed by atoms with van der Waals surface area (Å²) in [6.07, 6.45) is 0. The highest BCUT2D eigenvalue weighted by molar-refractivity contribution is 9.10. The Hall–Kier alpha value is 0.130. The van der Waals surface area contributed by atoms with Crippen LogP contribution in [0.2, 0.25) is 4.34 Å². The second-order valence-electron chi connectivity index (χ2n) is 3.40. The van der Waals surface area contributed by atoms with Gasteiger partial charge in [0.25, 0.3) is 0 Å². The lowest BCUT2D eigenvalue weighted by atomic mass is 10.2. The maximum atomic E-state index is 5.98. The number of thiophene rings is 1. The highest BCUT2D eigenvalue weighted by Crippen LogP contribution is 2.34. The van der Waals surface area contributed by atoms with Gasteiger partial charge >= 0.3 is 0 Å². The van der Waals surface area contributed by atoms with Crippen molar-refractivity contribution in [2.45, 2.75) is 13.0 Å². The molecule has 1 heterocycles. The summed E-state index contributed by atoms with van der Waals surface area (Å²) in [6, 6.07) is 2.16. The Morgan fingerprint density at radius 1 is 1.80 bits per heavy atom. The topological polar surface area (TPSA) is 38.0 Å². The molecule has 0 radical (unpaired) electrons. The molecule has 1 unspecified atom stereocenters. The van der Waals surface area contributed by atoms with Crippen molar-refractivity contribution in [2.75, 3.05) is 13.1 Å². The van der Waals surface area contributed by atoms with Gasteiger partial charge in [-0.1, -0.05) is 23.8 Å². The van der Waals surface area contributed by atoms with Crippen LogP contribution >= 0.6 is 38.9 Å². The Kier molecular flexibility index (Phi) is 5.29. The average Bonchev–Trinajstić information content (AvgIpc) is 2.47. The van der Waals surface area contributed by atoms with Crippen LogP contribution in [0.25, 0.3) is 0 Å². The van der Waals surface area contributed by atoms with Crippen molar-refractivity contribution in [3.05, 3.63) is 31.9 Å². The lowest BCUT2D eigenvalue weighted by Gasteiger charge is -2.14. The fraction of sp³-hybridized carbons (Fsp3) is 0.400. The fourth-order valence-corrected chi connectivity index (χ4v) is 2.96. The van der Waals surface area contributed by atoms with Gasteiger partial charge in [-0.05, 0) is 28.9 Å². The molecule has 0 fully saturated rings. The van der Waals surface area contributed by atoms with E-state index in [1.807, 2.05) is 13.0 Å². The van der Waals surface area contributed by atoms with Crippen molar-refractivity contribution in [1.82, 2.24) is 5.32 Å². The monoisotopic (exact) mass is 308 g/mol. The zero-order chi connectivity index (χ0) is 11.4.